The molecular formula is C24H30IN7. The Morgan fingerprint density at radius 1 is 1.09 bits per heavy atom. The van der Waals surface area contributed by atoms with E-state index in [1.165, 1.54) is 5.52 Å². The lowest BCUT2D eigenvalue weighted by Gasteiger charge is -2.21. The van der Waals surface area contributed by atoms with Gasteiger partial charge in [0.05, 0.1) is 35.8 Å². The molecule has 8 heteroatoms. The van der Waals surface area contributed by atoms with Crippen LogP contribution in [0.1, 0.15) is 19.2 Å². The molecule has 0 saturated carbocycles. The number of aryl methyl sites for hydroxylation is 1. The van der Waals surface area contributed by atoms with E-state index in [2.05, 4.69) is 60.9 Å². The largest absolute Gasteiger partial charge is 0.357 e. The van der Waals surface area contributed by atoms with Gasteiger partial charge < -0.3 is 19.8 Å². The van der Waals surface area contributed by atoms with E-state index in [9.17, 15) is 0 Å². The summed E-state index contributed by atoms with van der Waals surface area (Å²) in [6, 6.07) is 18.5. The molecule has 2 heterocycles. The van der Waals surface area contributed by atoms with Gasteiger partial charge in [-0.3, -0.25) is 4.99 Å². The van der Waals surface area contributed by atoms with Crippen molar-refractivity contribution in [3.05, 3.63) is 72.9 Å². The normalized spacial score (nSPS) is 11.4. The number of H-pyrrole nitrogens is 1. The van der Waals surface area contributed by atoms with Crippen molar-refractivity contribution in [3.63, 3.8) is 0 Å². The molecule has 7 nitrogen and oxygen atoms in total. The predicted octanol–water partition coefficient (Wildman–Crippen LogP) is 4.53. The van der Waals surface area contributed by atoms with Gasteiger partial charge in [-0.1, -0.05) is 42.5 Å². The number of nitrogens with one attached hydrogen (secondary N) is 2. The van der Waals surface area contributed by atoms with E-state index in [0.717, 1.165) is 54.6 Å². The summed E-state index contributed by atoms with van der Waals surface area (Å²) in [5, 5.41) is 3.38. The van der Waals surface area contributed by atoms with E-state index < -0.39 is 0 Å². The first kappa shape index (κ1) is 23.8. The standard InChI is InChI=1S/C24H29N7.HI/c1-3-25-24(26-14-9-15-31-18-28-20-12-7-8-13-22(20)31)30(2)17-23-27-16-21(29-23)19-10-5-4-6-11-19;/h4-8,10-13,16,18H,3,9,14-15,17H2,1-2H3,(H,25,26)(H,27,29);1H. The summed E-state index contributed by atoms with van der Waals surface area (Å²) in [6.07, 6.45) is 4.74. The maximum atomic E-state index is 4.81. The van der Waals surface area contributed by atoms with Crippen LogP contribution in [0, 0.1) is 0 Å². The molecule has 0 atom stereocenters. The highest BCUT2D eigenvalue weighted by molar-refractivity contribution is 14.0. The molecule has 2 aromatic heterocycles. The highest BCUT2D eigenvalue weighted by Crippen LogP contribution is 2.16. The number of halogens is 1. The van der Waals surface area contributed by atoms with Crippen LogP contribution in [0.3, 0.4) is 0 Å². The second-order valence-corrected chi connectivity index (χ2v) is 7.48. The number of aliphatic imine (C=N–C) groups is 1. The average molecular weight is 543 g/mol. The Morgan fingerprint density at radius 2 is 1.88 bits per heavy atom. The van der Waals surface area contributed by atoms with Crippen LogP contribution in [0.2, 0.25) is 0 Å². The van der Waals surface area contributed by atoms with Crippen molar-refractivity contribution in [1.29, 1.82) is 0 Å². The zero-order valence-electron chi connectivity index (χ0n) is 18.5. The first-order valence-electron chi connectivity index (χ1n) is 10.7. The molecule has 0 aliphatic heterocycles. The van der Waals surface area contributed by atoms with Crippen molar-refractivity contribution in [3.8, 4) is 11.3 Å². The topological polar surface area (TPSA) is 74.1 Å². The van der Waals surface area contributed by atoms with Gasteiger partial charge in [-0.2, -0.15) is 0 Å². The van der Waals surface area contributed by atoms with Crippen LogP contribution in [-0.2, 0) is 13.1 Å². The maximum Gasteiger partial charge on any atom is 0.194 e. The summed E-state index contributed by atoms with van der Waals surface area (Å²) in [5.74, 6) is 1.80. The van der Waals surface area contributed by atoms with Gasteiger partial charge >= 0.3 is 0 Å². The summed E-state index contributed by atoms with van der Waals surface area (Å²) in [6.45, 7) is 5.20. The summed E-state index contributed by atoms with van der Waals surface area (Å²) < 4.78 is 2.19. The van der Waals surface area contributed by atoms with Gasteiger partial charge in [-0.15, -0.1) is 24.0 Å². The van der Waals surface area contributed by atoms with E-state index in [-0.39, 0.29) is 24.0 Å². The van der Waals surface area contributed by atoms with Gasteiger partial charge in [-0.05, 0) is 31.0 Å². The Hall–Kier alpha value is -2.88. The van der Waals surface area contributed by atoms with Crippen molar-refractivity contribution in [2.45, 2.75) is 26.4 Å². The zero-order valence-corrected chi connectivity index (χ0v) is 20.9. The lowest BCUT2D eigenvalue weighted by Crippen LogP contribution is -2.38. The number of hydrogen-bond donors (Lipinski definition) is 2. The Balaban J connectivity index is 0.00000289. The molecule has 2 N–H and O–H groups in total. The van der Waals surface area contributed by atoms with Crippen molar-refractivity contribution >= 4 is 41.0 Å². The van der Waals surface area contributed by atoms with Crippen LogP contribution < -0.4 is 5.32 Å². The lowest BCUT2D eigenvalue weighted by atomic mass is 10.2. The van der Waals surface area contributed by atoms with Crippen LogP contribution in [0.15, 0.2) is 72.1 Å². The monoisotopic (exact) mass is 543 g/mol. The van der Waals surface area contributed by atoms with Crippen molar-refractivity contribution in [2.24, 2.45) is 4.99 Å². The third-order valence-corrected chi connectivity index (χ3v) is 5.14. The number of aromatic amines is 1. The van der Waals surface area contributed by atoms with Gasteiger partial charge in [-0.25, -0.2) is 9.97 Å². The quantitative estimate of drug-likeness (QED) is 0.148. The van der Waals surface area contributed by atoms with Crippen molar-refractivity contribution < 1.29 is 0 Å². The molecule has 0 amide bonds. The molecule has 0 aliphatic carbocycles. The Bertz CT molecular complexity index is 1130. The minimum Gasteiger partial charge on any atom is -0.357 e. The second kappa shape index (κ2) is 11.7. The Labute approximate surface area is 206 Å². The highest BCUT2D eigenvalue weighted by Gasteiger charge is 2.10. The lowest BCUT2D eigenvalue weighted by molar-refractivity contribution is 0.463. The number of nitrogens with zero attached hydrogens (tertiary/aromatic N) is 5. The van der Waals surface area contributed by atoms with Gasteiger partial charge in [0, 0.05) is 26.7 Å². The fourth-order valence-electron chi connectivity index (χ4n) is 3.59. The number of rotatable bonds is 8. The number of aromatic nitrogens is 4. The van der Waals surface area contributed by atoms with Crippen molar-refractivity contribution in [2.75, 3.05) is 20.1 Å². The van der Waals surface area contributed by atoms with E-state index in [0.29, 0.717) is 6.54 Å². The van der Waals surface area contributed by atoms with Gasteiger partial charge in [0.15, 0.2) is 5.96 Å². The third kappa shape index (κ3) is 5.87. The maximum absolute atomic E-state index is 4.81. The molecule has 0 radical (unpaired) electrons. The molecule has 0 aliphatic rings. The fraction of sp³-hybridized carbons (Fsp3) is 0.292. The summed E-state index contributed by atoms with van der Waals surface area (Å²) in [7, 11) is 2.04. The molecule has 168 valence electrons. The molecule has 32 heavy (non-hydrogen) atoms. The minimum atomic E-state index is 0. The first-order chi connectivity index (χ1) is 15.2. The van der Waals surface area contributed by atoms with E-state index in [1.807, 2.05) is 49.9 Å². The Kier molecular flexibility index (Phi) is 8.66. The van der Waals surface area contributed by atoms with Crippen molar-refractivity contribution in [1.82, 2.24) is 29.7 Å². The van der Waals surface area contributed by atoms with E-state index >= 15 is 0 Å². The molecule has 2 aromatic carbocycles. The SMILES string of the molecule is CCNC(=NCCCn1cnc2ccccc21)N(C)Cc1ncc(-c2ccccc2)[nH]1.I. The molecular weight excluding hydrogens is 513 g/mol. The summed E-state index contributed by atoms with van der Waals surface area (Å²) in [5.41, 5.74) is 4.37. The number of para-hydroxylation sites is 2. The van der Waals surface area contributed by atoms with E-state index in [4.69, 9.17) is 4.99 Å². The van der Waals surface area contributed by atoms with Crippen LogP contribution in [0.5, 0.6) is 0 Å². The average Bonchev–Trinajstić information content (AvgIpc) is 3.44. The number of benzene rings is 2. The van der Waals surface area contributed by atoms with E-state index in [1.54, 1.807) is 0 Å². The zero-order chi connectivity index (χ0) is 21.5. The number of hydrogen-bond acceptors (Lipinski definition) is 3. The molecule has 0 spiro atoms. The molecule has 0 bridgehead atoms. The van der Waals surface area contributed by atoms with Gasteiger partial charge in [0.25, 0.3) is 0 Å². The van der Waals surface area contributed by atoms with Crippen LogP contribution in [-0.4, -0.2) is 50.5 Å². The molecule has 4 rings (SSSR count). The molecule has 0 saturated heterocycles. The first-order valence-corrected chi connectivity index (χ1v) is 10.7. The van der Waals surface area contributed by atoms with Crippen LogP contribution in [0.25, 0.3) is 22.3 Å². The fourth-order valence-corrected chi connectivity index (χ4v) is 3.59. The molecule has 4 aromatic rings. The minimum absolute atomic E-state index is 0. The predicted molar refractivity (Wildman–Crippen MR) is 141 cm³/mol. The number of guanidine groups is 1. The van der Waals surface area contributed by atoms with Crippen LogP contribution in [0.4, 0.5) is 0 Å². The smallest absolute Gasteiger partial charge is 0.194 e. The van der Waals surface area contributed by atoms with Gasteiger partial charge in [0.1, 0.15) is 5.82 Å². The second-order valence-electron chi connectivity index (χ2n) is 7.48. The molecule has 0 fully saturated rings. The number of imidazole rings is 2. The number of fused-ring (bicyclic) bond motifs is 1. The highest BCUT2D eigenvalue weighted by atomic mass is 127. The summed E-state index contributed by atoms with van der Waals surface area (Å²) >= 11 is 0. The van der Waals surface area contributed by atoms with Crippen LogP contribution >= 0.6 is 24.0 Å². The third-order valence-electron chi connectivity index (χ3n) is 5.14. The Morgan fingerprint density at radius 3 is 2.69 bits per heavy atom. The summed E-state index contributed by atoms with van der Waals surface area (Å²) in [4.78, 5) is 19.3. The van der Waals surface area contributed by atoms with Gasteiger partial charge in [0.2, 0.25) is 0 Å². The molecule has 0 unspecified atom stereocenters.